The zero-order valence-electron chi connectivity index (χ0n) is 21.6. The van der Waals surface area contributed by atoms with Crippen LogP contribution < -0.4 is 4.90 Å². The van der Waals surface area contributed by atoms with Crippen LogP contribution in [0.1, 0.15) is 42.9 Å². The Balaban J connectivity index is 1.27. The quantitative estimate of drug-likeness (QED) is 0.369. The Morgan fingerprint density at radius 1 is 0.974 bits per heavy atom. The zero-order chi connectivity index (χ0) is 28.2. The maximum atomic E-state index is 13.4. The topological polar surface area (TPSA) is 84.7 Å². The summed E-state index contributed by atoms with van der Waals surface area (Å²) in [4.78, 5) is 43.3. The van der Waals surface area contributed by atoms with E-state index in [9.17, 15) is 27.6 Å². The van der Waals surface area contributed by atoms with Crippen LogP contribution in [0.3, 0.4) is 0 Å². The van der Waals surface area contributed by atoms with Gasteiger partial charge in [-0.05, 0) is 56.5 Å². The van der Waals surface area contributed by atoms with Crippen LogP contribution in [0.5, 0.6) is 0 Å². The van der Waals surface area contributed by atoms with Crippen LogP contribution in [0.4, 0.5) is 18.9 Å². The second kappa shape index (κ2) is 11.8. The molecule has 1 fully saturated rings. The van der Waals surface area contributed by atoms with E-state index in [0.717, 1.165) is 42.6 Å². The first-order chi connectivity index (χ1) is 18.6. The van der Waals surface area contributed by atoms with Gasteiger partial charge in [0, 0.05) is 37.3 Å². The fraction of sp³-hybridized carbons (Fsp3) is 0.379. The van der Waals surface area contributed by atoms with Crippen LogP contribution in [0.15, 0.2) is 59.7 Å². The van der Waals surface area contributed by atoms with Crippen LogP contribution in [-0.2, 0) is 27.0 Å². The summed E-state index contributed by atoms with van der Waals surface area (Å²) in [7, 11) is 0. The first-order valence-electron chi connectivity index (χ1n) is 12.8. The molecule has 1 saturated heterocycles. The summed E-state index contributed by atoms with van der Waals surface area (Å²) in [6.07, 6.45) is -2.66. The van der Waals surface area contributed by atoms with Gasteiger partial charge in [-0.15, -0.1) is 0 Å². The maximum Gasteiger partial charge on any atom is 0.417 e. The molecular formula is C29H29F3N4O3. The van der Waals surface area contributed by atoms with Crippen molar-refractivity contribution in [2.24, 2.45) is 0 Å². The van der Waals surface area contributed by atoms with E-state index in [1.165, 1.54) is 19.1 Å². The van der Waals surface area contributed by atoms with Gasteiger partial charge in [-0.1, -0.05) is 30.3 Å². The Morgan fingerprint density at radius 3 is 2.31 bits per heavy atom. The van der Waals surface area contributed by atoms with Crippen molar-refractivity contribution >= 4 is 23.4 Å². The van der Waals surface area contributed by atoms with Gasteiger partial charge in [-0.2, -0.15) is 18.4 Å². The summed E-state index contributed by atoms with van der Waals surface area (Å²) in [6.45, 7) is 5.12. The molecule has 0 aliphatic carbocycles. The fourth-order valence-corrected chi connectivity index (χ4v) is 4.96. The van der Waals surface area contributed by atoms with Crippen LogP contribution in [0.25, 0.3) is 0 Å². The van der Waals surface area contributed by atoms with Gasteiger partial charge in [0.05, 0.1) is 29.3 Å². The van der Waals surface area contributed by atoms with Crippen molar-refractivity contribution in [3.05, 3.63) is 76.4 Å². The number of amides is 3. The number of carbonyl (C=O) groups is 3. The van der Waals surface area contributed by atoms with Crippen LogP contribution in [0.2, 0.25) is 0 Å². The number of unbranched alkanes of at least 4 members (excludes halogenated alkanes) is 1. The summed E-state index contributed by atoms with van der Waals surface area (Å²) >= 11 is 0. The third-order valence-electron chi connectivity index (χ3n) is 7.20. The molecule has 0 unspecified atom stereocenters. The molecule has 2 aliphatic rings. The molecule has 39 heavy (non-hydrogen) atoms. The Kier molecular flexibility index (Phi) is 8.51. The van der Waals surface area contributed by atoms with E-state index in [2.05, 4.69) is 4.90 Å². The number of hydrogen-bond donors (Lipinski definition) is 0. The van der Waals surface area contributed by atoms with Crippen LogP contribution in [-0.4, -0.2) is 60.2 Å². The van der Waals surface area contributed by atoms with E-state index in [4.69, 9.17) is 5.26 Å². The summed E-state index contributed by atoms with van der Waals surface area (Å²) in [6, 6.07) is 14.0. The van der Waals surface area contributed by atoms with Gasteiger partial charge >= 0.3 is 6.18 Å². The highest BCUT2D eigenvalue weighted by Crippen LogP contribution is 2.36. The molecule has 0 bridgehead atoms. The molecule has 2 aliphatic heterocycles. The molecule has 0 aromatic heterocycles. The molecule has 0 radical (unpaired) electrons. The van der Waals surface area contributed by atoms with Gasteiger partial charge < -0.3 is 4.90 Å². The molecule has 204 valence electrons. The van der Waals surface area contributed by atoms with Gasteiger partial charge in [-0.3, -0.25) is 19.3 Å². The highest BCUT2D eigenvalue weighted by atomic mass is 19.4. The molecular weight excluding hydrogens is 509 g/mol. The summed E-state index contributed by atoms with van der Waals surface area (Å²) in [5.74, 6) is -1.16. The lowest BCUT2D eigenvalue weighted by Crippen LogP contribution is -2.49. The molecule has 0 saturated carbocycles. The standard InChI is InChI=1S/C29H29F3N4O3/c1-20-24(28(39)36(27(20)38)23-11-10-22(19-33)25(18-23)29(30,31)32)9-5-6-12-34-13-15-35(16-14-34)26(37)17-21-7-3-2-4-8-21/h2-4,7-8,10-11,18H,5-6,9,12-17H2,1H3. The van der Waals surface area contributed by atoms with E-state index >= 15 is 0 Å². The molecule has 10 heteroatoms. The maximum absolute atomic E-state index is 13.4. The number of hydrogen-bond acceptors (Lipinski definition) is 5. The summed E-state index contributed by atoms with van der Waals surface area (Å²) in [5.41, 5.74) is -0.441. The molecule has 0 atom stereocenters. The highest BCUT2D eigenvalue weighted by Gasteiger charge is 2.39. The summed E-state index contributed by atoms with van der Waals surface area (Å²) in [5, 5.41) is 9.01. The molecule has 2 aromatic carbocycles. The number of carbonyl (C=O) groups excluding carboxylic acids is 3. The van der Waals surface area contributed by atoms with E-state index in [0.29, 0.717) is 44.0 Å². The van der Waals surface area contributed by atoms with Gasteiger partial charge in [0.15, 0.2) is 0 Å². The Labute approximate surface area is 225 Å². The average Bonchev–Trinajstić information content (AvgIpc) is 3.13. The predicted octanol–water partition coefficient (Wildman–Crippen LogP) is 4.32. The van der Waals surface area contributed by atoms with Gasteiger partial charge in [0.2, 0.25) is 5.91 Å². The van der Waals surface area contributed by atoms with Gasteiger partial charge in [-0.25, -0.2) is 4.90 Å². The molecule has 0 N–H and O–H groups in total. The second-order valence-corrected chi connectivity index (χ2v) is 9.73. The van der Waals surface area contributed by atoms with Crippen molar-refractivity contribution in [2.75, 3.05) is 37.6 Å². The first-order valence-corrected chi connectivity index (χ1v) is 12.8. The SMILES string of the molecule is CC1=C(CCCCN2CCN(C(=O)Cc3ccccc3)CC2)C(=O)N(c2ccc(C#N)c(C(F)(F)F)c2)C1=O. The Bertz CT molecular complexity index is 1320. The normalized spacial score (nSPS) is 16.7. The number of benzene rings is 2. The predicted molar refractivity (Wildman–Crippen MR) is 138 cm³/mol. The Morgan fingerprint density at radius 2 is 1.67 bits per heavy atom. The van der Waals surface area contributed by atoms with Crippen molar-refractivity contribution in [3.63, 3.8) is 0 Å². The van der Waals surface area contributed by atoms with E-state index in [1.807, 2.05) is 35.2 Å². The number of nitriles is 1. The largest absolute Gasteiger partial charge is 0.417 e. The van der Waals surface area contributed by atoms with Crippen molar-refractivity contribution in [1.29, 1.82) is 5.26 Å². The number of nitrogens with zero attached hydrogens (tertiary/aromatic N) is 4. The minimum Gasteiger partial charge on any atom is -0.340 e. The molecule has 3 amide bonds. The molecule has 0 spiro atoms. The molecule has 2 heterocycles. The zero-order valence-corrected chi connectivity index (χ0v) is 21.6. The van der Waals surface area contributed by atoms with Crippen molar-refractivity contribution in [3.8, 4) is 6.07 Å². The number of alkyl halides is 3. The lowest BCUT2D eigenvalue weighted by atomic mass is 10.0. The molecule has 7 nitrogen and oxygen atoms in total. The smallest absolute Gasteiger partial charge is 0.340 e. The average molecular weight is 539 g/mol. The van der Waals surface area contributed by atoms with Crippen molar-refractivity contribution < 1.29 is 27.6 Å². The van der Waals surface area contributed by atoms with E-state index < -0.39 is 29.1 Å². The monoisotopic (exact) mass is 538 g/mol. The Hall–Kier alpha value is -3.97. The van der Waals surface area contributed by atoms with E-state index in [1.54, 1.807) is 0 Å². The minimum absolute atomic E-state index is 0.113. The van der Waals surface area contributed by atoms with Crippen molar-refractivity contribution in [1.82, 2.24) is 9.80 Å². The number of rotatable bonds is 8. The summed E-state index contributed by atoms with van der Waals surface area (Å²) < 4.78 is 40.2. The number of halogens is 3. The minimum atomic E-state index is -4.79. The first kappa shape index (κ1) is 28.0. The van der Waals surface area contributed by atoms with Gasteiger partial charge in [0.1, 0.15) is 0 Å². The second-order valence-electron chi connectivity index (χ2n) is 9.73. The van der Waals surface area contributed by atoms with Crippen LogP contribution >= 0.6 is 0 Å². The van der Waals surface area contributed by atoms with Gasteiger partial charge in [0.25, 0.3) is 11.8 Å². The number of anilines is 1. The third kappa shape index (κ3) is 6.37. The lowest BCUT2D eigenvalue weighted by Gasteiger charge is -2.34. The van der Waals surface area contributed by atoms with Crippen molar-refractivity contribution in [2.45, 2.75) is 38.8 Å². The lowest BCUT2D eigenvalue weighted by molar-refractivity contribution is -0.138. The van der Waals surface area contributed by atoms with Crippen LogP contribution in [0, 0.1) is 11.3 Å². The fourth-order valence-electron chi connectivity index (χ4n) is 4.96. The molecule has 4 rings (SSSR count). The van der Waals surface area contributed by atoms with E-state index in [-0.39, 0.29) is 17.2 Å². The third-order valence-corrected chi connectivity index (χ3v) is 7.20. The molecule has 2 aromatic rings. The number of imide groups is 1. The number of piperazine rings is 1. The highest BCUT2D eigenvalue weighted by molar-refractivity contribution is 6.32.